The van der Waals surface area contributed by atoms with Crippen molar-refractivity contribution in [2.24, 2.45) is 11.8 Å². The molecule has 0 unspecified atom stereocenters. The number of hydrogen-bond acceptors (Lipinski definition) is 4. The summed E-state index contributed by atoms with van der Waals surface area (Å²) in [6.45, 7) is 4.44. The average molecular weight is 721 g/mol. The quantitative estimate of drug-likeness (QED) is 0.164. The van der Waals surface area contributed by atoms with Gasteiger partial charge in [-0.25, -0.2) is 9.97 Å². The Morgan fingerprint density at radius 1 is 0.481 bits per heavy atom. The van der Waals surface area contributed by atoms with Gasteiger partial charge >= 0.3 is 0 Å². The third-order valence-corrected chi connectivity index (χ3v) is 13.7. The van der Waals surface area contributed by atoms with Crippen LogP contribution in [-0.2, 0) is 0 Å². The number of aromatic nitrogens is 4. The predicted molar refractivity (Wildman–Crippen MR) is 216 cm³/mol. The number of benzene rings is 2. The molecule has 4 aliphatic carbocycles. The molecule has 6 nitrogen and oxygen atoms in total. The summed E-state index contributed by atoms with van der Waals surface area (Å²) in [4.78, 5) is 8.65. The van der Waals surface area contributed by atoms with Gasteiger partial charge in [0.2, 0.25) is 0 Å². The van der Waals surface area contributed by atoms with E-state index in [1.54, 1.807) is 0 Å². The van der Waals surface area contributed by atoms with Crippen LogP contribution in [-0.4, -0.2) is 29.0 Å². The Balaban J connectivity index is 0.000000142. The molecule has 4 fully saturated rings. The molecule has 6 heteroatoms. The molecular weight excluding hydrogens is 665 g/mol. The minimum absolute atomic E-state index is 0.351. The lowest BCUT2D eigenvalue weighted by atomic mass is 9.74. The van der Waals surface area contributed by atoms with Gasteiger partial charge in [0.1, 0.15) is 0 Å². The SMILES string of the molecule is Cc1ccccc1C1CCC([C@@H](O)c2c(C3CC3)ccn3cncc23)CC1.Cc1ccccc1C1CCC([C@H](O)c2c(C3CC3)ccn3cncc23)CC1. The summed E-state index contributed by atoms with van der Waals surface area (Å²) in [7, 11) is 0. The van der Waals surface area contributed by atoms with Crippen LogP contribution in [0.5, 0.6) is 0 Å². The Labute approximate surface area is 320 Å². The molecule has 6 aromatic rings. The van der Waals surface area contributed by atoms with E-state index >= 15 is 0 Å². The van der Waals surface area contributed by atoms with E-state index in [0.717, 1.165) is 47.8 Å². The molecule has 54 heavy (non-hydrogen) atoms. The van der Waals surface area contributed by atoms with Crippen molar-refractivity contribution >= 4 is 11.0 Å². The molecule has 2 N–H and O–H groups in total. The van der Waals surface area contributed by atoms with Crippen LogP contribution in [0.15, 0.2) is 98.1 Å². The molecule has 0 radical (unpaired) electrons. The van der Waals surface area contributed by atoms with E-state index in [-0.39, 0.29) is 12.2 Å². The number of aryl methyl sites for hydroxylation is 2. The van der Waals surface area contributed by atoms with Crippen molar-refractivity contribution in [3.8, 4) is 0 Å². The molecule has 0 saturated heterocycles. The van der Waals surface area contributed by atoms with Crippen molar-refractivity contribution in [3.63, 3.8) is 0 Å². The van der Waals surface area contributed by atoms with Crippen molar-refractivity contribution in [3.05, 3.63) is 143 Å². The van der Waals surface area contributed by atoms with Gasteiger partial charge in [-0.3, -0.25) is 0 Å². The third kappa shape index (κ3) is 7.04. The molecule has 0 bridgehead atoms. The molecule has 4 heterocycles. The maximum absolute atomic E-state index is 11.4. The highest BCUT2D eigenvalue weighted by atomic mass is 16.3. The van der Waals surface area contributed by atoms with Crippen LogP contribution in [0, 0.1) is 25.7 Å². The highest BCUT2D eigenvalue weighted by Gasteiger charge is 2.36. The van der Waals surface area contributed by atoms with Crippen molar-refractivity contribution in [2.45, 2.75) is 127 Å². The Morgan fingerprint density at radius 2 is 0.833 bits per heavy atom. The fraction of sp³-hybridized carbons (Fsp3) is 0.458. The van der Waals surface area contributed by atoms with E-state index in [0.29, 0.717) is 35.5 Å². The van der Waals surface area contributed by atoms with Gasteiger partial charge in [0, 0.05) is 23.5 Å². The smallest absolute Gasteiger partial charge is 0.0992 e. The van der Waals surface area contributed by atoms with Gasteiger partial charge < -0.3 is 19.0 Å². The van der Waals surface area contributed by atoms with Crippen LogP contribution in [0.25, 0.3) is 11.0 Å². The lowest BCUT2D eigenvalue weighted by Gasteiger charge is -2.33. The second-order valence-corrected chi connectivity index (χ2v) is 17.1. The van der Waals surface area contributed by atoms with Crippen LogP contribution < -0.4 is 0 Å². The molecular formula is C48H56N4O2. The summed E-state index contributed by atoms with van der Waals surface area (Å²) in [6.07, 6.45) is 25.1. The number of aliphatic hydroxyl groups excluding tert-OH is 2. The van der Waals surface area contributed by atoms with Gasteiger partial charge in [-0.15, -0.1) is 0 Å². The normalized spacial score (nSPS) is 24.2. The maximum Gasteiger partial charge on any atom is 0.0992 e. The Morgan fingerprint density at radius 3 is 1.20 bits per heavy atom. The molecule has 10 rings (SSSR count). The predicted octanol–water partition coefficient (Wildman–Crippen LogP) is 11.1. The highest BCUT2D eigenvalue weighted by Crippen LogP contribution is 2.50. The fourth-order valence-corrected chi connectivity index (χ4v) is 10.3. The summed E-state index contributed by atoms with van der Waals surface area (Å²) < 4.78 is 4.12. The molecule has 4 aromatic heterocycles. The van der Waals surface area contributed by atoms with E-state index in [1.165, 1.54) is 84.7 Å². The van der Waals surface area contributed by atoms with Crippen LogP contribution in [0.4, 0.5) is 0 Å². The summed E-state index contributed by atoms with van der Waals surface area (Å²) in [6, 6.07) is 22.0. The maximum atomic E-state index is 11.4. The number of imidazole rings is 2. The topological polar surface area (TPSA) is 75.1 Å². The summed E-state index contributed by atoms with van der Waals surface area (Å²) in [5, 5.41) is 22.8. The van der Waals surface area contributed by atoms with E-state index < -0.39 is 0 Å². The minimum Gasteiger partial charge on any atom is -0.388 e. The largest absolute Gasteiger partial charge is 0.388 e. The van der Waals surface area contributed by atoms with Crippen LogP contribution in [0.3, 0.4) is 0 Å². The van der Waals surface area contributed by atoms with E-state index in [9.17, 15) is 10.2 Å². The first kappa shape index (κ1) is 35.4. The second-order valence-electron chi connectivity index (χ2n) is 17.1. The molecule has 280 valence electrons. The number of nitrogens with zero attached hydrogens (tertiary/aromatic N) is 4. The third-order valence-electron chi connectivity index (χ3n) is 13.7. The molecule has 4 aliphatic rings. The lowest BCUT2D eigenvalue weighted by Crippen LogP contribution is -2.21. The van der Waals surface area contributed by atoms with E-state index in [1.807, 2.05) is 25.0 Å². The molecule has 4 saturated carbocycles. The van der Waals surface area contributed by atoms with Crippen molar-refractivity contribution in [1.29, 1.82) is 0 Å². The molecule has 2 atom stereocenters. The zero-order valence-electron chi connectivity index (χ0n) is 32.0. The Bertz CT molecular complexity index is 2050. The van der Waals surface area contributed by atoms with Gasteiger partial charge in [-0.05, 0) is 172 Å². The van der Waals surface area contributed by atoms with Gasteiger partial charge in [-0.2, -0.15) is 0 Å². The molecule has 0 spiro atoms. The van der Waals surface area contributed by atoms with Crippen molar-refractivity contribution in [1.82, 2.24) is 18.8 Å². The Kier molecular flexibility index (Phi) is 9.92. The number of hydrogen-bond donors (Lipinski definition) is 2. The highest BCUT2D eigenvalue weighted by molar-refractivity contribution is 5.60. The first-order valence-electron chi connectivity index (χ1n) is 20.8. The molecule has 0 aliphatic heterocycles. The fourth-order valence-electron chi connectivity index (χ4n) is 10.3. The molecule has 2 aromatic carbocycles. The first-order chi connectivity index (χ1) is 26.4. The zero-order chi connectivity index (χ0) is 36.8. The minimum atomic E-state index is -0.376. The average Bonchev–Trinajstić information content (AvgIpc) is 4.14. The van der Waals surface area contributed by atoms with Gasteiger partial charge in [0.05, 0.1) is 48.3 Å². The number of rotatable bonds is 8. The van der Waals surface area contributed by atoms with Crippen LogP contribution >= 0.6 is 0 Å². The van der Waals surface area contributed by atoms with Gasteiger partial charge in [0.25, 0.3) is 0 Å². The van der Waals surface area contributed by atoms with Crippen LogP contribution in [0.2, 0.25) is 0 Å². The monoisotopic (exact) mass is 720 g/mol. The molecule has 0 amide bonds. The summed E-state index contributed by atoms with van der Waals surface area (Å²) >= 11 is 0. The van der Waals surface area contributed by atoms with Crippen molar-refractivity contribution in [2.75, 3.05) is 0 Å². The van der Waals surface area contributed by atoms with Crippen LogP contribution in [0.1, 0.15) is 157 Å². The van der Waals surface area contributed by atoms with E-state index in [2.05, 4.69) is 106 Å². The van der Waals surface area contributed by atoms with Gasteiger partial charge in [0.15, 0.2) is 0 Å². The summed E-state index contributed by atoms with van der Waals surface area (Å²) in [5.74, 6) is 3.26. The Hall–Kier alpha value is -4.26. The second kappa shape index (κ2) is 15.1. The number of pyridine rings is 2. The summed E-state index contributed by atoms with van der Waals surface area (Å²) in [5.41, 5.74) is 13.0. The number of fused-ring (bicyclic) bond motifs is 2. The number of aliphatic hydroxyl groups is 2. The first-order valence-corrected chi connectivity index (χ1v) is 20.8. The standard InChI is InChI=1S/2C24H28N2O/c2*1-16-4-2-3-5-20(16)17-8-10-19(11-9-17)24(27)23-21(18-6-7-18)12-13-26-15-25-14-22(23)26/h2*2-5,12-15,17-19,24,27H,6-11H2,1H3/t2*17?,19?,24-/m10/s1. The lowest BCUT2D eigenvalue weighted by molar-refractivity contribution is 0.0808. The van der Waals surface area contributed by atoms with Gasteiger partial charge in [-0.1, -0.05) is 48.5 Å². The van der Waals surface area contributed by atoms with Crippen molar-refractivity contribution < 1.29 is 10.2 Å². The van der Waals surface area contributed by atoms with E-state index in [4.69, 9.17) is 0 Å². The zero-order valence-corrected chi connectivity index (χ0v) is 32.0.